The first-order valence-electron chi connectivity index (χ1n) is 12.8. The number of amides is 1. The van der Waals surface area contributed by atoms with Crippen LogP contribution in [0.25, 0.3) is 0 Å². The molecule has 0 saturated carbocycles. The average molecular weight is 501 g/mol. The van der Waals surface area contributed by atoms with Crippen LogP contribution < -0.4 is 26.6 Å². The van der Waals surface area contributed by atoms with Crippen LogP contribution in [-0.4, -0.2) is 79.5 Å². The molecule has 0 radical (unpaired) electrons. The lowest BCUT2D eigenvalue weighted by atomic mass is 10.1. The third-order valence-corrected chi connectivity index (χ3v) is 5.51. The molecule has 1 aliphatic heterocycles. The Morgan fingerprint density at radius 3 is 2.36 bits per heavy atom. The van der Waals surface area contributed by atoms with Gasteiger partial charge in [-0.1, -0.05) is 12.1 Å². The van der Waals surface area contributed by atoms with Crippen molar-refractivity contribution in [1.29, 1.82) is 0 Å². The van der Waals surface area contributed by atoms with Gasteiger partial charge in [-0.2, -0.15) is 15.0 Å². The molecule has 36 heavy (non-hydrogen) atoms. The maximum Gasteiger partial charge on any atom is 0.251 e. The van der Waals surface area contributed by atoms with Crippen LogP contribution >= 0.6 is 0 Å². The molecule has 1 saturated heterocycles. The van der Waals surface area contributed by atoms with Gasteiger partial charge in [0, 0.05) is 44.3 Å². The molecule has 1 aromatic heterocycles. The average Bonchev–Trinajstić information content (AvgIpc) is 2.89. The van der Waals surface area contributed by atoms with Gasteiger partial charge in [-0.3, -0.25) is 4.79 Å². The lowest BCUT2D eigenvalue weighted by molar-refractivity contribution is 0.0511. The van der Waals surface area contributed by atoms with Crippen molar-refractivity contribution in [2.24, 2.45) is 5.73 Å². The number of nitrogens with one attached hydrogen (secondary N) is 3. The number of hydrogen-bond donors (Lipinski definition) is 4. The minimum atomic E-state index is -0.134. The summed E-state index contributed by atoms with van der Waals surface area (Å²) in [7, 11) is 0. The smallest absolute Gasteiger partial charge is 0.251 e. The lowest BCUT2D eigenvalue weighted by Gasteiger charge is -2.27. The molecule has 0 unspecified atom stereocenters. The van der Waals surface area contributed by atoms with Crippen LogP contribution in [0.3, 0.4) is 0 Å². The van der Waals surface area contributed by atoms with E-state index in [0.717, 1.165) is 31.5 Å². The van der Waals surface area contributed by atoms with Gasteiger partial charge in [0.05, 0.1) is 26.4 Å². The standard InChI is InChI=1S/C25H40N8O3/c1-19(2)29-24-30-23(31-25(32-24)33-12-4-3-5-13-33)28-18-20-6-8-21(9-7-20)22(34)27-11-15-36-17-16-35-14-10-26/h6-9,19H,3-5,10-18,26H2,1-2H3,(H,27,34)(H2,28,29,30,31,32). The van der Waals surface area contributed by atoms with E-state index >= 15 is 0 Å². The quantitative estimate of drug-likeness (QED) is 0.269. The molecule has 2 heterocycles. The summed E-state index contributed by atoms with van der Waals surface area (Å²) in [6.07, 6.45) is 3.55. The Balaban J connectivity index is 1.48. The Bertz CT molecular complexity index is 920. The topological polar surface area (TPSA) is 140 Å². The molecule has 5 N–H and O–H groups in total. The number of benzene rings is 1. The Morgan fingerprint density at radius 1 is 0.972 bits per heavy atom. The molecule has 11 nitrogen and oxygen atoms in total. The van der Waals surface area contributed by atoms with Crippen LogP contribution in [0.15, 0.2) is 24.3 Å². The van der Waals surface area contributed by atoms with E-state index in [2.05, 4.69) is 49.6 Å². The molecular formula is C25H40N8O3. The number of ether oxygens (including phenoxy) is 2. The Labute approximate surface area is 213 Å². The summed E-state index contributed by atoms with van der Waals surface area (Å²) in [5.74, 6) is 1.67. The molecule has 1 amide bonds. The van der Waals surface area contributed by atoms with E-state index in [-0.39, 0.29) is 11.9 Å². The Kier molecular flexibility index (Phi) is 11.6. The van der Waals surface area contributed by atoms with Crippen molar-refractivity contribution in [3.63, 3.8) is 0 Å². The summed E-state index contributed by atoms with van der Waals surface area (Å²) in [4.78, 5) is 28.4. The van der Waals surface area contributed by atoms with Gasteiger partial charge in [-0.15, -0.1) is 0 Å². The molecule has 0 aliphatic carbocycles. The predicted octanol–water partition coefficient (Wildman–Crippen LogP) is 2.02. The first-order chi connectivity index (χ1) is 17.5. The largest absolute Gasteiger partial charge is 0.378 e. The highest BCUT2D eigenvalue weighted by atomic mass is 16.5. The molecule has 0 bridgehead atoms. The summed E-state index contributed by atoms with van der Waals surface area (Å²) in [6, 6.07) is 7.69. The highest BCUT2D eigenvalue weighted by molar-refractivity contribution is 5.94. The second-order valence-corrected chi connectivity index (χ2v) is 8.95. The summed E-state index contributed by atoms with van der Waals surface area (Å²) in [6.45, 7) is 9.44. The van der Waals surface area contributed by atoms with Crippen LogP contribution in [0.2, 0.25) is 0 Å². The molecule has 11 heteroatoms. The van der Waals surface area contributed by atoms with E-state index < -0.39 is 0 Å². The van der Waals surface area contributed by atoms with Crippen LogP contribution in [-0.2, 0) is 16.0 Å². The lowest BCUT2D eigenvalue weighted by Crippen LogP contribution is -2.31. The zero-order valence-corrected chi connectivity index (χ0v) is 21.5. The monoisotopic (exact) mass is 500 g/mol. The molecule has 1 aromatic carbocycles. The number of nitrogens with zero attached hydrogens (tertiary/aromatic N) is 4. The molecular weight excluding hydrogens is 460 g/mol. The molecule has 3 rings (SSSR count). The van der Waals surface area contributed by atoms with Gasteiger partial charge >= 0.3 is 0 Å². The second-order valence-electron chi connectivity index (χ2n) is 8.95. The van der Waals surface area contributed by atoms with E-state index in [0.29, 0.717) is 69.5 Å². The van der Waals surface area contributed by atoms with E-state index in [1.165, 1.54) is 6.42 Å². The highest BCUT2D eigenvalue weighted by Crippen LogP contribution is 2.19. The summed E-state index contributed by atoms with van der Waals surface area (Å²) < 4.78 is 10.7. The summed E-state index contributed by atoms with van der Waals surface area (Å²) >= 11 is 0. The first kappa shape index (κ1) is 27.6. The van der Waals surface area contributed by atoms with Gasteiger partial charge in [0.25, 0.3) is 5.91 Å². The molecule has 1 fully saturated rings. The van der Waals surface area contributed by atoms with Crippen molar-refractivity contribution < 1.29 is 14.3 Å². The van der Waals surface area contributed by atoms with Gasteiger partial charge in [0.15, 0.2) is 0 Å². The molecule has 1 aliphatic rings. The normalized spacial score (nSPS) is 13.6. The van der Waals surface area contributed by atoms with Gasteiger partial charge < -0.3 is 36.1 Å². The number of anilines is 3. The number of nitrogens with two attached hydrogens (primary N) is 1. The molecule has 0 spiro atoms. The fourth-order valence-electron chi connectivity index (χ4n) is 3.70. The van der Waals surface area contributed by atoms with E-state index in [1.807, 2.05) is 24.3 Å². The van der Waals surface area contributed by atoms with Gasteiger partial charge in [0.2, 0.25) is 17.8 Å². The van der Waals surface area contributed by atoms with Crippen LogP contribution in [0.1, 0.15) is 49.0 Å². The minimum absolute atomic E-state index is 0.134. The van der Waals surface area contributed by atoms with Gasteiger partial charge in [0.1, 0.15) is 0 Å². The minimum Gasteiger partial charge on any atom is -0.378 e. The molecule has 198 valence electrons. The Morgan fingerprint density at radius 2 is 1.67 bits per heavy atom. The van der Waals surface area contributed by atoms with E-state index in [4.69, 9.17) is 15.2 Å². The third kappa shape index (κ3) is 9.56. The fraction of sp³-hybridized carbons (Fsp3) is 0.600. The second kappa shape index (κ2) is 15.2. The maximum atomic E-state index is 12.4. The molecule has 0 atom stereocenters. The number of carbonyl (C=O) groups is 1. The zero-order chi connectivity index (χ0) is 25.6. The number of carbonyl (C=O) groups excluding carboxylic acids is 1. The van der Waals surface area contributed by atoms with Crippen molar-refractivity contribution in [2.45, 2.75) is 45.7 Å². The van der Waals surface area contributed by atoms with Crippen molar-refractivity contribution in [1.82, 2.24) is 20.3 Å². The summed E-state index contributed by atoms with van der Waals surface area (Å²) in [5, 5.41) is 9.45. The molecule has 2 aromatic rings. The number of aromatic nitrogens is 3. The van der Waals surface area contributed by atoms with E-state index in [9.17, 15) is 4.79 Å². The van der Waals surface area contributed by atoms with Crippen molar-refractivity contribution in [3.05, 3.63) is 35.4 Å². The highest BCUT2D eigenvalue weighted by Gasteiger charge is 2.16. The van der Waals surface area contributed by atoms with Crippen molar-refractivity contribution in [3.8, 4) is 0 Å². The van der Waals surface area contributed by atoms with Gasteiger partial charge in [-0.25, -0.2) is 0 Å². The van der Waals surface area contributed by atoms with Crippen LogP contribution in [0, 0.1) is 0 Å². The maximum absolute atomic E-state index is 12.4. The first-order valence-corrected chi connectivity index (χ1v) is 12.8. The Hall–Kier alpha value is -3.02. The van der Waals surface area contributed by atoms with Crippen molar-refractivity contribution in [2.75, 3.05) is 68.1 Å². The van der Waals surface area contributed by atoms with Crippen molar-refractivity contribution >= 4 is 23.8 Å². The number of hydrogen-bond acceptors (Lipinski definition) is 10. The number of piperidine rings is 1. The predicted molar refractivity (Wildman–Crippen MR) is 141 cm³/mol. The fourth-order valence-corrected chi connectivity index (χ4v) is 3.70. The summed E-state index contributed by atoms with van der Waals surface area (Å²) in [5.41, 5.74) is 6.97. The third-order valence-electron chi connectivity index (χ3n) is 5.51. The van der Waals surface area contributed by atoms with Gasteiger partial charge in [-0.05, 0) is 50.8 Å². The SMILES string of the molecule is CC(C)Nc1nc(NCc2ccc(C(=O)NCCOCCOCCN)cc2)nc(N2CCCCC2)n1. The number of rotatable bonds is 15. The van der Waals surface area contributed by atoms with E-state index in [1.54, 1.807) is 0 Å². The van der Waals surface area contributed by atoms with Crippen LogP contribution in [0.4, 0.5) is 17.8 Å². The van der Waals surface area contributed by atoms with Crippen LogP contribution in [0.5, 0.6) is 0 Å². The zero-order valence-electron chi connectivity index (χ0n) is 21.5.